The Bertz CT molecular complexity index is 685. The largest absolute Gasteiger partial charge is 0.393 e. The van der Waals surface area contributed by atoms with Crippen LogP contribution in [0.5, 0.6) is 0 Å². The molecule has 0 spiro atoms. The zero-order valence-electron chi connectivity index (χ0n) is 12.4. The van der Waals surface area contributed by atoms with Crippen molar-refractivity contribution in [2.24, 2.45) is 0 Å². The second-order valence-electron chi connectivity index (χ2n) is 5.05. The number of hydrogen-bond acceptors (Lipinski definition) is 3. The van der Waals surface area contributed by atoms with E-state index in [1.807, 2.05) is 31.2 Å². The van der Waals surface area contributed by atoms with Crippen molar-refractivity contribution in [3.8, 4) is 0 Å². The van der Waals surface area contributed by atoms with E-state index >= 15 is 0 Å². The van der Waals surface area contributed by atoms with Gasteiger partial charge in [-0.1, -0.05) is 30.7 Å². The van der Waals surface area contributed by atoms with E-state index in [0.717, 1.165) is 10.9 Å². The van der Waals surface area contributed by atoms with Gasteiger partial charge in [0.15, 0.2) is 0 Å². The fourth-order valence-corrected chi connectivity index (χ4v) is 2.15. The number of nitrogens with zero attached hydrogens (tertiary/aromatic N) is 1. The maximum Gasteiger partial charge on any atom is 0.244 e. The summed E-state index contributed by atoms with van der Waals surface area (Å²) in [6.07, 6.45) is 3.98. The summed E-state index contributed by atoms with van der Waals surface area (Å²) in [5.74, 6) is -0.198. The van der Waals surface area contributed by atoms with E-state index in [2.05, 4.69) is 10.3 Å². The Morgan fingerprint density at radius 2 is 2.18 bits per heavy atom. The minimum Gasteiger partial charge on any atom is -0.393 e. The molecule has 2 aromatic rings. The molecule has 0 fully saturated rings. The normalized spacial score (nSPS) is 12.7. The Balaban J connectivity index is 1.96. The second-order valence-corrected chi connectivity index (χ2v) is 5.48. The van der Waals surface area contributed by atoms with Crippen molar-refractivity contribution in [3.05, 3.63) is 47.1 Å². The van der Waals surface area contributed by atoms with Crippen LogP contribution in [0.15, 0.2) is 36.4 Å². The van der Waals surface area contributed by atoms with Crippen molar-refractivity contribution in [2.45, 2.75) is 25.9 Å². The molecule has 1 unspecified atom stereocenters. The summed E-state index contributed by atoms with van der Waals surface area (Å²) in [7, 11) is 0. The van der Waals surface area contributed by atoms with Gasteiger partial charge in [-0.15, -0.1) is 0 Å². The molecule has 0 aliphatic rings. The molecule has 2 rings (SSSR count). The van der Waals surface area contributed by atoms with Crippen LogP contribution in [-0.2, 0) is 4.79 Å². The molecule has 2 N–H and O–H groups in total. The highest BCUT2D eigenvalue weighted by atomic mass is 35.5. The number of hydrogen-bond donors (Lipinski definition) is 2. The molecule has 0 bridgehead atoms. The minimum atomic E-state index is -0.365. The first-order valence-electron chi connectivity index (χ1n) is 7.29. The number of aliphatic hydroxyl groups excluding tert-OH is 1. The highest BCUT2D eigenvalue weighted by Gasteiger charge is 2.02. The second kappa shape index (κ2) is 7.92. The van der Waals surface area contributed by atoms with Crippen LogP contribution in [0.3, 0.4) is 0 Å². The van der Waals surface area contributed by atoms with E-state index < -0.39 is 0 Å². The number of nitrogens with one attached hydrogen (secondary N) is 1. The number of pyridine rings is 1. The number of aliphatic hydroxyl groups is 1. The summed E-state index contributed by atoms with van der Waals surface area (Å²) >= 11 is 5.95. The lowest BCUT2D eigenvalue weighted by Gasteiger charge is -2.07. The molecule has 116 valence electrons. The number of amides is 1. The summed E-state index contributed by atoms with van der Waals surface area (Å²) in [6.45, 7) is 2.36. The average molecular weight is 319 g/mol. The third-order valence-corrected chi connectivity index (χ3v) is 3.56. The van der Waals surface area contributed by atoms with Crippen LogP contribution >= 0.6 is 11.6 Å². The standard InChI is InChI=1S/C17H19ClN2O2/c1-2-15(21)9-10-19-17(22)8-7-14-6-4-12-3-5-13(18)11-16(12)20-14/h3-8,11,15,21H,2,9-10H2,1H3,(H,19,22)/b8-7+. The van der Waals surface area contributed by atoms with Gasteiger partial charge in [0, 0.05) is 23.0 Å². The number of carbonyl (C=O) groups excluding carboxylic acids is 1. The van der Waals surface area contributed by atoms with Crippen molar-refractivity contribution < 1.29 is 9.90 Å². The van der Waals surface area contributed by atoms with E-state index in [0.29, 0.717) is 30.1 Å². The molecular weight excluding hydrogens is 300 g/mol. The molecule has 22 heavy (non-hydrogen) atoms. The predicted octanol–water partition coefficient (Wildman–Crippen LogP) is 3.18. The van der Waals surface area contributed by atoms with E-state index in [9.17, 15) is 9.90 Å². The van der Waals surface area contributed by atoms with Crippen LogP contribution in [0.4, 0.5) is 0 Å². The first-order chi connectivity index (χ1) is 10.6. The van der Waals surface area contributed by atoms with Crippen molar-refractivity contribution in [3.63, 3.8) is 0 Å². The topological polar surface area (TPSA) is 62.2 Å². The Hall–Kier alpha value is -1.91. The molecular formula is C17H19ClN2O2. The van der Waals surface area contributed by atoms with Gasteiger partial charge < -0.3 is 10.4 Å². The smallest absolute Gasteiger partial charge is 0.244 e. The first kappa shape index (κ1) is 16.5. The summed E-state index contributed by atoms with van der Waals surface area (Å²) in [5.41, 5.74) is 1.49. The van der Waals surface area contributed by atoms with Crippen LogP contribution in [0.1, 0.15) is 25.5 Å². The molecule has 1 aromatic heterocycles. The number of fused-ring (bicyclic) bond motifs is 1. The average Bonchev–Trinajstić information content (AvgIpc) is 2.52. The molecule has 0 aliphatic carbocycles. The molecule has 0 aliphatic heterocycles. The van der Waals surface area contributed by atoms with Crippen LogP contribution < -0.4 is 5.32 Å². The Labute approximate surface area is 134 Å². The van der Waals surface area contributed by atoms with Crippen LogP contribution in [-0.4, -0.2) is 28.6 Å². The van der Waals surface area contributed by atoms with Crippen LogP contribution in [0, 0.1) is 0 Å². The molecule has 1 aromatic carbocycles. The first-order valence-corrected chi connectivity index (χ1v) is 7.66. The monoisotopic (exact) mass is 318 g/mol. The molecule has 1 amide bonds. The third kappa shape index (κ3) is 4.83. The fraction of sp³-hybridized carbons (Fsp3) is 0.294. The highest BCUT2D eigenvalue weighted by Crippen LogP contribution is 2.18. The molecule has 0 radical (unpaired) electrons. The lowest BCUT2D eigenvalue weighted by atomic mass is 10.2. The van der Waals surface area contributed by atoms with E-state index in [-0.39, 0.29) is 12.0 Å². The van der Waals surface area contributed by atoms with Crippen molar-refractivity contribution in [2.75, 3.05) is 6.54 Å². The zero-order chi connectivity index (χ0) is 15.9. The van der Waals surface area contributed by atoms with E-state index in [4.69, 9.17) is 11.6 Å². The maximum absolute atomic E-state index is 11.7. The number of rotatable bonds is 6. The Kier molecular flexibility index (Phi) is 5.92. The number of benzene rings is 1. The Morgan fingerprint density at radius 3 is 2.95 bits per heavy atom. The lowest BCUT2D eigenvalue weighted by molar-refractivity contribution is -0.116. The van der Waals surface area contributed by atoms with Gasteiger partial charge in [0.05, 0.1) is 17.3 Å². The quantitative estimate of drug-likeness (QED) is 0.804. The third-order valence-electron chi connectivity index (χ3n) is 3.33. The summed E-state index contributed by atoms with van der Waals surface area (Å²) in [5, 5.41) is 13.8. The molecule has 0 saturated carbocycles. The van der Waals surface area contributed by atoms with Gasteiger partial charge in [0.1, 0.15) is 0 Å². The van der Waals surface area contributed by atoms with Gasteiger partial charge in [-0.3, -0.25) is 4.79 Å². The van der Waals surface area contributed by atoms with Gasteiger partial charge in [-0.05, 0) is 37.1 Å². The molecule has 1 atom stereocenters. The van der Waals surface area contributed by atoms with E-state index in [1.165, 1.54) is 6.08 Å². The maximum atomic E-state index is 11.7. The van der Waals surface area contributed by atoms with Gasteiger partial charge in [-0.25, -0.2) is 4.98 Å². The number of aromatic nitrogens is 1. The number of halogens is 1. The lowest BCUT2D eigenvalue weighted by Crippen LogP contribution is -2.25. The minimum absolute atomic E-state index is 0.198. The molecule has 5 heteroatoms. The van der Waals surface area contributed by atoms with Crippen molar-refractivity contribution >= 4 is 34.5 Å². The van der Waals surface area contributed by atoms with Crippen LogP contribution in [0.2, 0.25) is 5.02 Å². The zero-order valence-corrected chi connectivity index (χ0v) is 13.2. The SMILES string of the molecule is CCC(O)CCNC(=O)/C=C/c1ccc2ccc(Cl)cc2n1. The molecule has 0 saturated heterocycles. The van der Waals surface area contributed by atoms with Gasteiger partial charge in [0.2, 0.25) is 5.91 Å². The summed E-state index contributed by atoms with van der Waals surface area (Å²) < 4.78 is 0. The molecule has 1 heterocycles. The summed E-state index contributed by atoms with van der Waals surface area (Å²) in [6, 6.07) is 9.30. The van der Waals surface area contributed by atoms with Crippen molar-refractivity contribution in [1.82, 2.24) is 10.3 Å². The highest BCUT2D eigenvalue weighted by molar-refractivity contribution is 6.31. The predicted molar refractivity (Wildman–Crippen MR) is 89.7 cm³/mol. The van der Waals surface area contributed by atoms with Gasteiger partial charge in [0.25, 0.3) is 0 Å². The van der Waals surface area contributed by atoms with Crippen LogP contribution in [0.25, 0.3) is 17.0 Å². The Morgan fingerprint density at radius 1 is 1.41 bits per heavy atom. The van der Waals surface area contributed by atoms with Crippen molar-refractivity contribution in [1.29, 1.82) is 0 Å². The molecule has 4 nitrogen and oxygen atoms in total. The number of carbonyl (C=O) groups is 1. The summed E-state index contributed by atoms with van der Waals surface area (Å²) in [4.78, 5) is 16.1. The fourth-order valence-electron chi connectivity index (χ4n) is 1.99. The van der Waals surface area contributed by atoms with Gasteiger partial charge >= 0.3 is 0 Å². The van der Waals surface area contributed by atoms with E-state index in [1.54, 1.807) is 12.1 Å². The van der Waals surface area contributed by atoms with Gasteiger partial charge in [-0.2, -0.15) is 0 Å².